The van der Waals surface area contributed by atoms with Crippen molar-refractivity contribution in [1.29, 1.82) is 0 Å². The van der Waals surface area contributed by atoms with Crippen molar-refractivity contribution in [3.63, 3.8) is 0 Å². The van der Waals surface area contributed by atoms with Gasteiger partial charge in [-0.1, -0.05) is 51.1 Å². The Morgan fingerprint density at radius 2 is 1.73 bits per heavy atom. The van der Waals surface area contributed by atoms with Gasteiger partial charge in [0.05, 0.1) is 25.3 Å². The number of amides is 1. The van der Waals surface area contributed by atoms with Gasteiger partial charge in [0.15, 0.2) is 0 Å². The summed E-state index contributed by atoms with van der Waals surface area (Å²) in [5, 5.41) is 0. The molecular weight excluding hydrogens is 330 g/mol. The van der Waals surface area contributed by atoms with E-state index in [1.807, 2.05) is 35.2 Å². The van der Waals surface area contributed by atoms with E-state index in [0.29, 0.717) is 38.3 Å². The predicted octanol–water partition coefficient (Wildman–Crippen LogP) is 3.81. The van der Waals surface area contributed by atoms with Crippen LogP contribution in [0, 0.1) is 11.3 Å². The van der Waals surface area contributed by atoms with E-state index in [9.17, 15) is 9.59 Å². The summed E-state index contributed by atoms with van der Waals surface area (Å²) in [5.74, 6) is 0.331. The third-order valence-electron chi connectivity index (χ3n) is 5.10. The Morgan fingerprint density at radius 1 is 1.12 bits per heavy atom. The van der Waals surface area contributed by atoms with Crippen LogP contribution in [0.25, 0.3) is 0 Å². The molecule has 0 N–H and O–H groups in total. The van der Waals surface area contributed by atoms with Crippen LogP contribution >= 0.6 is 0 Å². The molecule has 0 aliphatic carbocycles. The Balaban J connectivity index is 1.61. The number of morpholine rings is 1. The summed E-state index contributed by atoms with van der Waals surface area (Å²) in [6.45, 7) is 7.50. The average Bonchev–Trinajstić information content (AvgIpc) is 2.58. The molecule has 2 aliphatic heterocycles. The highest BCUT2D eigenvalue weighted by Gasteiger charge is 2.44. The van der Waals surface area contributed by atoms with Crippen LogP contribution in [-0.4, -0.2) is 42.1 Å². The first-order chi connectivity index (χ1) is 12.3. The lowest BCUT2D eigenvalue weighted by Gasteiger charge is -2.47. The summed E-state index contributed by atoms with van der Waals surface area (Å²) in [4.78, 5) is 27.1. The van der Waals surface area contributed by atoms with Crippen LogP contribution in [0.5, 0.6) is 0 Å². The fourth-order valence-corrected chi connectivity index (χ4v) is 3.94. The molecule has 0 saturated carbocycles. The zero-order valence-corrected chi connectivity index (χ0v) is 15.9. The maximum absolute atomic E-state index is 12.7. The van der Waals surface area contributed by atoms with Gasteiger partial charge in [-0.15, -0.1) is 0 Å². The largest absolute Gasteiger partial charge is 0.445 e. The molecule has 2 heterocycles. The van der Waals surface area contributed by atoms with E-state index >= 15 is 0 Å². The number of benzene rings is 1. The lowest BCUT2D eigenvalue weighted by Crippen LogP contribution is -2.60. The second-order valence-electron chi connectivity index (χ2n) is 8.66. The monoisotopic (exact) mass is 359 g/mol. The highest BCUT2D eigenvalue weighted by atomic mass is 16.6. The van der Waals surface area contributed by atoms with Gasteiger partial charge in [0, 0.05) is 12.3 Å². The molecule has 2 unspecified atom stereocenters. The summed E-state index contributed by atoms with van der Waals surface area (Å²) in [6, 6.07) is 9.53. The summed E-state index contributed by atoms with van der Waals surface area (Å²) in [5.41, 5.74) is 0.964. The number of carbonyl (C=O) groups excluding carboxylic acids is 2. The fraction of sp³-hybridized carbons (Fsp3) is 0.619. The van der Waals surface area contributed by atoms with Crippen molar-refractivity contribution in [2.45, 2.75) is 58.7 Å². The number of fused-ring (bicyclic) bond motifs is 2. The first-order valence-electron chi connectivity index (χ1n) is 9.43. The Hall–Kier alpha value is -1.88. The van der Waals surface area contributed by atoms with Crippen LogP contribution in [0.15, 0.2) is 30.3 Å². The Bertz CT molecular complexity index is 623. The molecule has 5 heteroatoms. The number of carbonyl (C=O) groups is 2. The molecule has 0 aromatic heterocycles. The molecule has 26 heavy (non-hydrogen) atoms. The van der Waals surface area contributed by atoms with E-state index < -0.39 is 0 Å². The van der Waals surface area contributed by atoms with Crippen LogP contribution in [0.1, 0.15) is 45.6 Å². The molecule has 2 aliphatic rings. The van der Waals surface area contributed by atoms with Crippen molar-refractivity contribution >= 4 is 11.9 Å². The number of nitrogens with zero attached hydrogens (tertiary/aromatic N) is 1. The number of piperidine rings is 1. The van der Waals surface area contributed by atoms with E-state index in [-0.39, 0.29) is 36.1 Å². The minimum absolute atomic E-state index is 0.00551. The topological polar surface area (TPSA) is 55.8 Å². The van der Waals surface area contributed by atoms with Gasteiger partial charge in [0.1, 0.15) is 12.4 Å². The number of Topliss-reactive ketones (excluding diaryl/α,β-unsaturated/α-hetero) is 1. The van der Waals surface area contributed by atoms with Crippen molar-refractivity contribution < 1.29 is 19.1 Å². The highest BCUT2D eigenvalue weighted by molar-refractivity contribution is 5.82. The van der Waals surface area contributed by atoms with Gasteiger partial charge in [0.2, 0.25) is 0 Å². The van der Waals surface area contributed by atoms with Crippen molar-refractivity contribution in [3.8, 4) is 0 Å². The Labute approximate surface area is 155 Å². The predicted molar refractivity (Wildman–Crippen MR) is 98.7 cm³/mol. The molecule has 2 saturated heterocycles. The normalized spacial score (nSPS) is 25.7. The van der Waals surface area contributed by atoms with E-state index in [1.165, 1.54) is 0 Å². The highest BCUT2D eigenvalue weighted by Crippen LogP contribution is 2.35. The second-order valence-corrected chi connectivity index (χ2v) is 8.66. The molecule has 5 nitrogen and oxygen atoms in total. The standard InChI is InChI=1S/C21H29NO4/c1-21(2,3)11-19(23)16-9-17-13-25-14-18(10-16)22(17)20(24)26-12-15-7-5-4-6-8-15/h4-8,16-18H,9-14H2,1-3H3. The zero-order valence-electron chi connectivity index (χ0n) is 15.9. The number of ether oxygens (including phenoxy) is 2. The number of hydrogen-bond donors (Lipinski definition) is 0. The average molecular weight is 359 g/mol. The summed E-state index contributed by atoms with van der Waals surface area (Å²) >= 11 is 0. The van der Waals surface area contributed by atoms with Gasteiger partial charge < -0.3 is 9.47 Å². The molecule has 3 rings (SSSR count). The third-order valence-corrected chi connectivity index (χ3v) is 5.10. The van der Waals surface area contributed by atoms with Gasteiger partial charge in [0.25, 0.3) is 0 Å². The molecule has 2 atom stereocenters. The molecule has 1 aromatic carbocycles. The minimum atomic E-state index is -0.297. The maximum atomic E-state index is 12.7. The number of ketones is 1. The molecular formula is C21H29NO4. The van der Waals surface area contributed by atoms with Crippen LogP contribution in [0.4, 0.5) is 4.79 Å². The molecule has 1 aromatic rings. The number of hydrogen-bond acceptors (Lipinski definition) is 4. The van der Waals surface area contributed by atoms with Crippen LogP contribution in [0.2, 0.25) is 0 Å². The van der Waals surface area contributed by atoms with Crippen molar-refractivity contribution in [1.82, 2.24) is 4.90 Å². The molecule has 142 valence electrons. The van der Waals surface area contributed by atoms with Crippen LogP contribution < -0.4 is 0 Å². The van der Waals surface area contributed by atoms with Gasteiger partial charge in [-0.05, 0) is 23.8 Å². The molecule has 2 bridgehead atoms. The maximum Gasteiger partial charge on any atom is 0.410 e. The van der Waals surface area contributed by atoms with Gasteiger partial charge in [-0.25, -0.2) is 4.79 Å². The van der Waals surface area contributed by atoms with Gasteiger partial charge >= 0.3 is 6.09 Å². The summed E-state index contributed by atoms with van der Waals surface area (Å²) in [6.07, 6.45) is 1.63. The van der Waals surface area contributed by atoms with E-state index in [0.717, 1.165) is 5.56 Å². The lowest BCUT2D eigenvalue weighted by atomic mass is 9.78. The minimum Gasteiger partial charge on any atom is -0.445 e. The first kappa shape index (κ1) is 18.9. The summed E-state index contributed by atoms with van der Waals surface area (Å²) in [7, 11) is 0. The van der Waals surface area contributed by atoms with Crippen molar-refractivity contribution in [3.05, 3.63) is 35.9 Å². The zero-order chi connectivity index (χ0) is 18.7. The molecule has 0 radical (unpaired) electrons. The second kappa shape index (κ2) is 7.78. The summed E-state index contributed by atoms with van der Waals surface area (Å²) < 4.78 is 11.2. The molecule has 1 amide bonds. The van der Waals surface area contributed by atoms with Crippen molar-refractivity contribution in [2.24, 2.45) is 11.3 Å². The van der Waals surface area contributed by atoms with Gasteiger partial charge in [-0.2, -0.15) is 0 Å². The Kier molecular flexibility index (Phi) is 5.66. The first-order valence-corrected chi connectivity index (χ1v) is 9.43. The molecule has 0 spiro atoms. The fourth-order valence-electron chi connectivity index (χ4n) is 3.94. The van der Waals surface area contributed by atoms with E-state index in [4.69, 9.17) is 9.47 Å². The number of rotatable bonds is 4. The van der Waals surface area contributed by atoms with Crippen molar-refractivity contribution in [2.75, 3.05) is 13.2 Å². The van der Waals surface area contributed by atoms with Crippen LogP contribution in [-0.2, 0) is 20.9 Å². The van der Waals surface area contributed by atoms with E-state index in [1.54, 1.807) is 0 Å². The van der Waals surface area contributed by atoms with Crippen LogP contribution in [0.3, 0.4) is 0 Å². The lowest BCUT2D eigenvalue weighted by molar-refractivity contribution is -0.132. The Morgan fingerprint density at radius 3 is 2.31 bits per heavy atom. The van der Waals surface area contributed by atoms with Gasteiger partial charge in [-0.3, -0.25) is 9.69 Å². The van der Waals surface area contributed by atoms with E-state index in [2.05, 4.69) is 20.8 Å². The molecule has 2 fully saturated rings. The SMILES string of the molecule is CC(C)(C)CC(=O)C1CC2COCC(C1)N2C(=O)OCc1ccccc1. The third kappa shape index (κ3) is 4.64. The quantitative estimate of drug-likeness (QED) is 0.820. The smallest absolute Gasteiger partial charge is 0.410 e.